The number of phenols is 1. The molecule has 0 saturated carbocycles. The summed E-state index contributed by atoms with van der Waals surface area (Å²) in [7, 11) is -4.94. The Balaban J connectivity index is 1.98. The van der Waals surface area contributed by atoms with Gasteiger partial charge in [0.25, 0.3) is 0 Å². The van der Waals surface area contributed by atoms with E-state index in [2.05, 4.69) is 13.5 Å². The van der Waals surface area contributed by atoms with E-state index in [4.69, 9.17) is 4.74 Å². The Hall–Kier alpha value is -2.34. The molecule has 3 rings (SSSR count). The number of nitrogens with zero attached hydrogens (tertiary/aromatic N) is 1. The van der Waals surface area contributed by atoms with Crippen molar-refractivity contribution in [3.8, 4) is 11.5 Å². The Labute approximate surface area is 228 Å². The standard InChI is InChI=1S/C27H37NO8S2/c1-6-7-8-9-18-13-21(30)24(20-12-16(4)10-11-19(20)15(2)3)22(14-18)36-27(32)37-26-23(17(5)29)25(31)28(26)38(33,34)35/h12-14,17,19-20,23,26,29-30H,2,6-11H2,1,3-5H3,(H,33,34,35)/t17-,19+,20-,23+,26-/m1/s1. The number of aliphatic hydroxyl groups excluding tert-OH is 1. The highest BCUT2D eigenvalue weighted by Gasteiger charge is 2.56. The second kappa shape index (κ2) is 12.2. The maximum atomic E-state index is 13.1. The number of unbranched alkanes of at least 4 members (excludes halogenated alkanes) is 2. The zero-order chi connectivity index (χ0) is 28.4. The Bertz CT molecular complexity index is 1220. The fourth-order valence-electron chi connectivity index (χ4n) is 5.20. The molecule has 210 valence electrons. The molecule has 9 nitrogen and oxygen atoms in total. The van der Waals surface area contributed by atoms with Crippen molar-refractivity contribution in [3.63, 3.8) is 0 Å². The van der Waals surface area contributed by atoms with Crippen LogP contribution in [0.5, 0.6) is 11.5 Å². The Morgan fingerprint density at radius 1 is 1.32 bits per heavy atom. The summed E-state index contributed by atoms with van der Waals surface area (Å²) in [5.41, 5.74) is 3.31. The number of hydrogen-bond donors (Lipinski definition) is 3. The van der Waals surface area contributed by atoms with Gasteiger partial charge in [-0.05, 0) is 81.8 Å². The van der Waals surface area contributed by atoms with Crippen molar-refractivity contribution in [2.45, 2.75) is 83.6 Å². The number of phenolic OH excluding ortho intramolecular Hbond substituents is 1. The first-order valence-electron chi connectivity index (χ1n) is 12.8. The van der Waals surface area contributed by atoms with E-state index < -0.39 is 38.9 Å². The molecular formula is C27H37NO8S2. The van der Waals surface area contributed by atoms with Gasteiger partial charge in [0.2, 0.25) is 5.91 Å². The molecule has 1 aliphatic heterocycles. The van der Waals surface area contributed by atoms with Gasteiger partial charge in [-0.25, -0.2) is 9.10 Å². The number of allylic oxidation sites excluding steroid dienone is 3. The van der Waals surface area contributed by atoms with E-state index in [0.29, 0.717) is 23.7 Å². The SMILES string of the molecule is C=C(C)[C@@H]1CCC(C)=C[C@H]1c1c(O)cc(CCCCC)cc1OC(=O)S[C@@H]1[C@@H]([C@@H](C)O)C(=O)N1S(=O)(=O)O. The number of benzene rings is 1. The van der Waals surface area contributed by atoms with Crippen molar-refractivity contribution in [2.75, 3.05) is 0 Å². The highest BCUT2D eigenvalue weighted by molar-refractivity contribution is 8.14. The van der Waals surface area contributed by atoms with Crippen LogP contribution >= 0.6 is 11.8 Å². The summed E-state index contributed by atoms with van der Waals surface area (Å²) in [6.45, 7) is 11.4. The van der Waals surface area contributed by atoms with Crippen LogP contribution in [0, 0.1) is 11.8 Å². The number of carbonyl (C=O) groups excluding carboxylic acids is 2. The number of amides is 1. The number of thioether (sulfide) groups is 1. The number of carbonyl (C=O) groups is 2. The van der Waals surface area contributed by atoms with Crippen LogP contribution in [-0.4, -0.2) is 50.2 Å². The molecule has 0 spiro atoms. The van der Waals surface area contributed by atoms with Crippen LogP contribution in [0.15, 0.2) is 35.9 Å². The molecule has 11 heteroatoms. The average Bonchev–Trinajstić information content (AvgIpc) is 2.77. The highest BCUT2D eigenvalue weighted by Crippen LogP contribution is 2.48. The van der Waals surface area contributed by atoms with Crippen molar-refractivity contribution in [2.24, 2.45) is 11.8 Å². The third kappa shape index (κ3) is 6.62. The molecule has 0 bridgehead atoms. The van der Waals surface area contributed by atoms with Gasteiger partial charge in [-0.1, -0.05) is 43.6 Å². The zero-order valence-corrected chi connectivity index (χ0v) is 23.8. The summed E-state index contributed by atoms with van der Waals surface area (Å²) >= 11 is 0.383. The van der Waals surface area contributed by atoms with Crippen molar-refractivity contribution >= 4 is 33.3 Å². The largest absolute Gasteiger partial charge is 0.507 e. The predicted octanol–water partition coefficient (Wildman–Crippen LogP) is 5.34. The Kier molecular flexibility index (Phi) is 9.72. The van der Waals surface area contributed by atoms with Crippen molar-refractivity contribution < 1.29 is 37.5 Å². The third-order valence-corrected chi connectivity index (χ3v) is 9.24. The molecule has 0 unspecified atom stereocenters. The van der Waals surface area contributed by atoms with E-state index in [0.717, 1.165) is 48.8 Å². The summed E-state index contributed by atoms with van der Waals surface area (Å²) in [4.78, 5) is 25.3. The second-order valence-electron chi connectivity index (χ2n) is 10.3. The summed E-state index contributed by atoms with van der Waals surface area (Å²) in [6, 6.07) is 3.41. The molecular weight excluding hydrogens is 530 g/mol. The van der Waals surface area contributed by atoms with E-state index in [1.807, 2.05) is 19.9 Å². The topological polar surface area (TPSA) is 141 Å². The van der Waals surface area contributed by atoms with Crippen LogP contribution in [0.1, 0.15) is 76.8 Å². The zero-order valence-electron chi connectivity index (χ0n) is 22.2. The van der Waals surface area contributed by atoms with Gasteiger partial charge in [-0.2, -0.15) is 8.42 Å². The minimum absolute atomic E-state index is 0.00533. The Morgan fingerprint density at radius 3 is 2.58 bits per heavy atom. The predicted molar refractivity (Wildman–Crippen MR) is 146 cm³/mol. The third-order valence-electron chi connectivity index (χ3n) is 7.18. The average molecular weight is 568 g/mol. The number of aryl methyl sites for hydroxylation is 1. The van der Waals surface area contributed by atoms with Crippen LogP contribution < -0.4 is 4.74 Å². The lowest BCUT2D eigenvalue weighted by atomic mass is 9.73. The molecule has 38 heavy (non-hydrogen) atoms. The van der Waals surface area contributed by atoms with E-state index in [1.54, 1.807) is 12.1 Å². The lowest BCUT2D eigenvalue weighted by Crippen LogP contribution is -2.64. The van der Waals surface area contributed by atoms with Gasteiger partial charge >= 0.3 is 15.6 Å². The molecule has 1 heterocycles. The summed E-state index contributed by atoms with van der Waals surface area (Å²) in [5, 5.41) is 18.8. The first-order valence-corrected chi connectivity index (χ1v) is 15.1. The van der Waals surface area contributed by atoms with Crippen molar-refractivity contribution in [1.29, 1.82) is 0 Å². The van der Waals surface area contributed by atoms with Gasteiger partial charge in [0.1, 0.15) is 16.9 Å². The van der Waals surface area contributed by atoms with Crippen LogP contribution in [0.4, 0.5) is 4.79 Å². The van der Waals surface area contributed by atoms with E-state index in [1.165, 1.54) is 6.92 Å². The van der Waals surface area contributed by atoms with Crippen LogP contribution in [0.3, 0.4) is 0 Å². The summed E-state index contributed by atoms with van der Waals surface area (Å²) < 4.78 is 38.8. The minimum Gasteiger partial charge on any atom is -0.507 e. The van der Waals surface area contributed by atoms with E-state index in [-0.39, 0.29) is 27.6 Å². The number of aliphatic hydroxyl groups is 1. The Morgan fingerprint density at radius 2 is 2.00 bits per heavy atom. The fraction of sp³-hybridized carbons (Fsp3) is 0.556. The van der Waals surface area contributed by atoms with Crippen LogP contribution in [0.2, 0.25) is 0 Å². The molecule has 1 aliphatic carbocycles. The molecule has 1 aromatic rings. The minimum atomic E-state index is -4.94. The van der Waals surface area contributed by atoms with Crippen LogP contribution in [-0.2, 0) is 21.5 Å². The number of ether oxygens (including phenoxy) is 1. The number of β-lactam (4-membered cyclic amide) rings is 1. The van der Waals surface area contributed by atoms with Gasteiger partial charge < -0.3 is 14.9 Å². The monoisotopic (exact) mass is 567 g/mol. The first kappa shape index (κ1) is 30.2. The molecule has 1 amide bonds. The lowest BCUT2D eigenvalue weighted by molar-refractivity contribution is -0.147. The molecule has 3 N–H and O–H groups in total. The van der Waals surface area contributed by atoms with Crippen LogP contribution in [0.25, 0.3) is 0 Å². The highest BCUT2D eigenvalue weighted by atomic mass is 32.2. The first-order chi connectivity index (χ1) is 17.8. The fourth-order valence-corrected chi connectivity index (χ4v) is 7.42. The molecule has 0 radical (unpaired) electrons. The second-order valence-corrected chi connectivity index (χ2v) is 12.6. The number of aromatic hydroxyl groups is 1. The molecule has 0 aromatic heterocycles. The van der Waals surface area contributed by atoms with Gasteiger partial charge in [-0.3, -0.25) is 9.35 Å². The summed E-state index contributed by atoms with van der Waals surface area (Å²) in [5.74, 6) is -2.35. The quantitative estimate of drug-likeness (QED) is 0.112. The smallest absolute Gasteiger partial charge is 0.374 e. The summed E-state index contributed by atoms with van der Waals surface area (Å²) in [6.07, 6.45) is 6.08. The van der Waals surface area contributed by atoms with Gasteiger partial charge in [0.05, 0.1) is 12.0 Å². The lowest BCUT2D eigenvalue weighted by Gasteiger charge is -2.44. The number of rotatable bonds is 10. The van der Waals surface area contributed by atoms with E-state index >= 15 is 0 Å². The molecule has 1 fully saturated rings. The van der Waals surface area contributed by atoms with Gasteiger partial charge in [0.15, 0.2) is 0 Å². The maximum Gasteiger partial charge on any atom is 0.374 e. The molecule has 1 saturated heterocycles. The van der Waals surface area contributed by atoms with Crippen molar-refractivity contribution in [3.05, 3.63) is 47.1 Å². The maximum absolute atomic E-state index is 13.1. The normalized spacial score (nSPS) is 24.4. The van der Waals surface area contributed by atoms with Gasteiger partial charge in [-0.15, -0.1) is 0 Å². The number of hydrogen-bond acceptors (Lipinski definition) is 8. The molecule has 2 aliphatic rings. The van der Waals surface area contributed by atoms with Gasteiger partial charge in [0, 0.05) is 11.5 Å². The van der Waals surface area contributed by atoms with E-state index in [9.17, 15) is 32.8 Å². The van der Waals surface area contributed by atoms with Crippen molar-refractivity contribution in [1.82, 2.24) is 4.31 Å². The molecule has 1 aromatic carbocycles. The molecule has 5 atom stereocenters.